The molecular formula is C12H19F3O2. The van der Waals surface area contributed by atoms with Crippen molar-refractivity contribution in [3.8, 4) is 0 Å². The molecule has 2 nitrogen and oxygen atoms in total. The third-order valence-electron chi connectivity index (χ3n) is 3.61. The zero-order chi connectivity index (χ0) is 13.6. The van der Waals surface area contributed by atoms with E-state index in [1.165, 1.54) is 0 Å². The minimum Gasteiger partial charge on any atom is -0.469 e. The van der Waals surface area contributed by atoms with E-state index in [1.54, 1.807) is 0 Å². The van der Waals surface area contributed by atoms with E-state index in [2.05, 4.69) is 4.74 Å². The Morgan fingerprint density at radius 3 is 2.06 bits per heavy atom. The summed E-state index contributed by atoms with van der Waals surface area (Å²) in [5.74, 6) is -2.47. The third-order valence-corrected chi connectivity index (χ3v) is 3.61. The normalized spacial score (nSPS) is 33.4. The summed E-state index contributed by atoms with van der Waals surface area (Å²) in [7, 11) is 1.13. The largest absolute Gasteiger partial charge is 0.469 e. The topological polar surface area (TPSA) is 26.3 Å². The summed E-state index contributed by atoms with van der Waals surface area (Å²) in [5.41, 5.74) is -2.16. The average molecular weight is 252 g/mol. The summed E-state index contributed by atoms with van der Waals surface area (Å²) < 4.78 is 43.4. The first kappa shape index (κ1) is 14.3. The maximum atomic E-state index is 13.0. The number of rotatable bonds is 2. The first-order valence-corrected chi connectivity index (χ1v) is 5.59. The van der Waals surface area contributed by atoms with Crippen LogP contribution in [0.1, 0.15) is 34.1 Å². The van der Waals surface area contributed by atoms with E-state index in [-0.39, 0.29) is 5.41 Å². The van der Waals surface area contributed by atoms with Crippen molar-refractivity contribution in [3.05, 3.63) is 0 Å². The molecular weight excluding hydrogens is 233 g/mol. The molecule has 100 valence electrons. The van der Waals surface area contributed by atoms with Crippen molar-refractivity contribution in [1.82, 2.24) is 0 Å². The molecule has 3 unspecified atom stereocenters. The van der Waals surface area contributed by atoms with Crippen LogP contribution >= 0.6 is 0 Å². The van der Waals surface area contributed by atoms with E-state index in [0.717, 1.165) is 14.0 Å². The second-order valence-electron chi connectivity index (χ2n) is 6.15. The lowest BCUT2D eigenvalue weighted by Crippen LogP contribution is -2.27. The van der Waals surface area contributed by atoms with E-state index in [1.807, 2.05) is 20.8 Å². The molecule has 0 aliphatic heterocycles. The second kappa shape index (κ2) is 3.89. The monoisotopic (exact) mass is 252 g/mol. The second-order valence-corrected chi connectivity index (χ2v) is 6.15. The first-order chi connectivity index (χ1) is 7.45. The number of esters is 1. The van der Waals surface area contributed by atoms with Gasteiger partial charge in [-0.15, -0.1) is 0 Å². The van der Waals surface area contributed by atoms with Crippen LogP contribution in [0.2, 0.25) is 0 Å². The molecule has 0 heterocycles. The summed E-state index contributed by atoms with van der Waals surface area (Å²) in [6.07, 6.45) is -4.00. The third kappa shape index (κ3) is 2.43. The number of hydrogen-bond donors (Lipinski definition) is 0. The average Bonchev–Trinajstić information content (AvgIpc) is 2.68. The van der Waals surface area contributed by atoms with Crippen LogP contribution in [0.5, 0.6) is 0 Å². The zero-order valence-electron chi connectivity index (χ0n) is 10.8. The van der Waals surface area contributed by atoms with Gasteiger partial charge in [0.15, 0.2) is 0 Å². The van der Waals surface area contributed by atoms with Crippen molar-refractivity contribution in [1.29, 1.82) is 0 Å². The van der Waals surface area contributed by atoms with Crippen molar-refractivity contribution in [2.45, 2.75) is 40.3 Å². The molecule has 0 bridgehead atoms. The summed E-state index contributed by atoms with van der Waals surface area (Å²) >= 11 is 0. The fraction of sp³-hybridized carbons (Fsp3) is 0.917. The van der Waals surface area contributed by atoms with Crippen molar-refractivity contribution < 1.29 is 22.7 Å². The Labute approximate surface area is 99.5 Å². The number of hydrogen-bond acceptors (Lipinski definition) is 2. The summed E-state index contributed by atoms with van der Waals surface area (Å²) in [5, 5.41) is 0. The number of ether oxygens (including phenoxy) is 1. The molecule has 0 saturated heterocycles. The molecule has 1 aliphatic carbocycles. The highest BCUT2D eigenvalue weighted by Crippen LogP contribution is 2.69. The molecule has 0 amide bonds. The Bertz CT molecular complexity index is 317. The van der Waals surface area contributed by atoms with Crippen LogP contribution in [-0.4, -0.2) is 19.3 Å². The Balaban J connectivity index is 2.94. The van der Waals surface area contributed by atoms with Gasteiger partial charge in [-0.05, 0) is 24.7 Å². The van der Waals surface area contributed by atoms with Gasteiger partial charge in [0.05, 0.1) is 18.4 Å². The number of methoxy groups -OCH3 is 1. The highest BCUT2D eigenvalue weighted by molar-refractivity contribution is 5.78. The van der Waals surface area contributed by atoms with E-state index in [0.29, 0.717) is 6.42 Å². The number of carbonyl (C=O) groups is 1. The van der Waals surface area contributed by atoms with Crippen LogP contribution in [0.15, 0.2) is 0 Å². The minimum absolute atomic E-state index is 0.236. The van der Waals surface area contributed by atoms with E-state index >= 15 is 0 Å². The molecule has 1 aliphatic rings. The molecule has 0 radical (unpaired) electrons. The van der Waals surface area contributed by atoms with E-state index in [4.69, 9.17) is 0 Å². The molecule has 1 fully saturated rings. The van der Waals surface area contributed by atoms with Gasteiger partial charge in [0.1, 0.15) is 0 Å². The standard InChI is InChI=1S/C12H19F3O2/c1-10(2,3)6-7-8(9(16)17-5)11(7,4)12(13,14)15/h7-8H,6H2,1-5H3. The predicted octanol–water partition coefficient (Wildman–Crippen LogP) is 3.41. The minimum atomic E-state index is -4.36. The lowest BCUT2D eigenvalue weighted by atomic mass is 9.87. The Morgan fingerprint density at radius 2 is 1.76 bits per heavy atom. The predicted molar refractivity (Wildman–Crippen MR) is 57.2 cm³/mol. The quantitative estimate of drug-likeness (QED) is 0.704. The lowest BCUT2D eigenvalue weighted by molar-refractivity contribution is -0.194. The highest BCUT2D eigenvalue weighted by Gasteiger charge is 2.77. The van der Waals surface area contributed by atoms with Crippen LogP contribution in [-0.2, 0) is 9.53 Å². The van der Waals surface area contributed by atoms with Gasteiger partial charge in [0, 0.05) is 0 Å². The Hall–Kier alpha value is -0.740. The van der Waals surface area contributed by atoms with Crippen LogP contribution in [0, 0.1) is 22.7 Å². The van der Waals surface area contributed by atoms with Gasteiger partial charge in [-0.1, -0.05) is 20.8 Å². The van der Waals surface area contributed by atoms with Gasteiger partial charge in [-0.25, -0.2) is 0 Å². The molecule has 0 spiro atoms. The summed E-state index contributed by atoms with van der Waals surface area (Å²) in [6.45, 7) is 6.73. The zero-order valence-corrected chi connectivity index (χ0v) is 10.8. The van der Waals surface area contributed by atoms with Gasteiger partial charge in [-0.3, -0.25) is 4.79 Å². The molecule has 0 aromatic rings. The fourth-order valence-electron chi connectivity index (χ4n) is 2.51. The molecule has 0 N–H and O–H groups in total. The van der Waals surface area contributed by atoms with Gasteiger partial charge < -0.3 is 4.74 Å². The fourth-order valence-corrected chi connectivity index (χ4v) is 2.51. The highest BCUT2D eigenvalue weighted by atomic mass is 19.4. The van der Waals surface area contributed by atoms with Crippen molar-refractivity contribution in [3.63, 3.8) is 0 Å². The molecule has 0 aromatic carbocycles. The van der Waals surface area contributed by atoms with Gasteiger partial charge in [-0.2, -0.15) is 13.2 Å². The Kier molecular flexibility index (Phi) is 3.27. The molecule has 17 heavy (non-hydrogen) atoms. The maximum Gasteiger partial charge on any atom is 0.395 e. The van der Waals surface area contributed by atoms with Crippen LogP contribution in [0.25, 0.3) is 0 Å². The van der Waals surface area contributed by atoms with Crippen LogP contribution < -0.4 is 0 Å². The van der Waals surface area contributed by atoms with Crippen molar-refractivity contribution in [2.24, 2.45) is 22.7 Å². The molecule has 5 heteroatoms. The van der Waals surface area contributed by atoms with E-state index in [9.17, 15) is 18.0 Å². The van der Waals surface area contributed by atoms with Crippen molar-refractivity contribution in [2.75, 3.05) is 7.11 Å². The lowest BCUT2D eigenvalue weighted by Gasteiger charge is -2.21. The SMILES string of the molecule is COC(=O)C1C(CC(C)(C)C)C1(C)C(F)(F)F. The van der Waals surface area contributed by atoms with Gasteiger partial charge in [0.25, 0.3) is 0 Å². The summed E-state index contributed by atoms with van der Waals surface area (Å²) in [4.78, 5) is 11.4. The van der Waals surface area contributed by atoms with Crippen molar-refractivity contribution >= 4 is 5.97 Å². The van der Waals surface area contributed by atoms with E-state index < -0.39 is 29.4 Å². The Morgan fingerprint density at radius 1 is 1.29 bits per heavy atom. The molecule has 3 atom stereocenters. The van der Waals surface area contributed by atoms with Gasteiger partial charge >= 0.3 is 12.1 Å². The van der Waals surface area contributed by atoms with Gasteiger partial charge in [0.2, 0.25) is 0 Å². The number of carbonyl (C=O) groups excluding carboxylic acids is 1. The molecule has 0 aromatic heterocycles. The molecule has 1 saturated carbocycles. The maximum absolute atomic E-state index is 13.0. The number of halogens is 3. The number of alkyl halides is 3. The van der Waals surface area contributed by atoms with Crippen LogP contribution in [0.4, 0.5) is 13.2 Å². The smallest absolute Gasteiger partial charge is 0.395 e. The summed E-state index contributed by atoms with van der Waals surface area (Å²) in [6, 6.07) is 0. The molecule has 1 rings (SSSR count). The van der Waals surface area contributed by atoms with Crippen LogP contribution in [0.3, 0.4) is 0 Å². The first-order valence-electron chi connectivity index (χ1n) is 5.59.